The summed E-state index contributed by atoms with van der Waals surface area (Å²) < 4.78 is 12.9. The van der Waals surface area contributed by atoms with Gasteiger partial charge in [-0.3, -0.25) is 0 Å². The van der Waals surface area contributed by atoms with Gasteiger partial charge < -0.3 is 5.73 Å². The summed E-state index contributed by atoms with van der Waals surface area (Å²) in [4.78, 5) is 0. The van der Waals surface area contributed by atoms with Crippen molar-refractivity contribution in [2.75, 3.05) is 0 Å². The van der Waals surface area contributed by atoms with Crippen molar-refractivity contribution in [2.24, 2.45) is 5.73 Å². The normalized spacial score (nSPS) is 9.33. The molecule has 2 N–H and O–H groups in total. The van der Waals surface area contributed by atoms with Gasteiger partial charge in [0.25, 0.3) is 0 Å². The van der Waals surface area contributed by atoms with Crippen LogP contribution in [0.25, 0.3) is 0 Å². The van der Waals surface area contributed by atoms with Crippen molar-refractivity contribution >= 4 is 35.6 Å². The van der Waals surface area contributed by atoms with Gasteiger partial charge in [-0.25, -0.2) is 4.39 Å². The van der Waals surface area contributed by atoms with E-state index in [-0.39, 0.29) is 29.0 Å². The highest BCUT2D eigenvalue weighted by Crippen LogP contribution is 2.25. The molecule has 0 fully saturated rings. The Kier molecular flexibility index (Phi) is 4.87. The second-order valence-electron chi connectivity index (χ2n) is 2.04. The summed E-state index contributed by atoms with van der Waals surface area (Å²) >= 11 is 11.0. The van der Waals surface area contributed by atoms with E-state index in [1.54, 1.807) is 6.07 Å². The Morgan fingerprint density at radius 1 is 1.33 bits per heavy atom. The average Bonchev–Trinajstić information content (AvgIpc) is 2.01. The van der Waals surface area contributed by atoms with Gasteiger partial charge in [-0.1, -0.05) is 29.3 Å². The molecule has 1 aromatic rings. The van der Waals surface area contributed by atoms with Crippen LogP contribution in [-0.4, -0.2) is 0 Å². The minimum atomic E-state index is -0.601. The fraction of sp³-hybridized carbons (Fsp3) is 0.143. The second-order valence-corrected chi connectivity index (χ2v) is 2.82. The van der Waals surface area contributed by atoms with E-state index >= 15 is 0 Å². The monoisotopic (exact) mass is 229 g/mol. The van der Waals surface area contributed by atoms with Crippen LogP contribution in [0.15, 0.2) is 12.1 Å². The van der Waals surface area contributed by atoms with Crippen molar-refractivity contribution < 1.29 is 4.39 Å². The van der Waals surface area contributed by atoms with Gasteiger partial charge >= 0.3 is 0 Å². The van der Waals surface area contributed by atoms with Crippen LogP contribution < -0.4 is 5.73 Å². The number of hydrogen-bond donors (Lipinski definition) is 1. The Balaban J connectivity index is 0.00000121. The third kappa shape index (κ3) is 2.23. The molecule has 0 aliphatic carbocycles. The van der Waals surface area contributed by atoms with E-state index in [2.05, 4.69) is 0 Å². The quantitative estimate of drug-likeness (QED) is 0.738. The number of hydrogen-bond acceptors (Lipinski definition) is 1. The van der Waals surface area contributed by atoms with Crippen LogP contribution >= 0.6 is 35.6 Å². The fourth-order valence-corrected chi connectivity index (χ4v) is 1.17. The zero-order valence-electron chi connectivity index (χ0n) is 5.98. The molecule has 0 aromatic heterocycles. The molecule has 0 unspecified atom stereocenters. The van der Waals surface area contributed by atoms with Crippen LogP contribution in [0.4, 0.5) is 4.39 Å². The van der Waals surface area contributed by atoms with Gasteiger partial charge in [0.05, 0.1) is 10.0 Å². The lowest BCUT2D eigenvalue weighted by molar-refractivity contribution is 0.626. The molecule has 0 heterocycles. The van der Waals surface area contributed by atoms with Gasteiger partial charge in [0.1, 0.15) is 0 Å². The molecule has 12 heavy (non-hydrogen) atoms. The summed E-state index contributed by atoms with van der Waals surface area (Å²) in [6.45, 7) is 0.215. The van der Waals surface area contributed by atoms with Gasteiger partial charge in [-0.05, 0) is 11.6 Å². The van der Waals surface area contributed by atoms with Crippen molar-refractivity contribution in [3.63, 3.8) is 0 Å². The molecule has 5 heteroatoms. The first kappa shape index (κ1) is 12.0. The van der Waals surface area contributed by atoms with Crippen molar-refractivity contribution in [1.29, 1.82) is 0 Å². The second kappa shape index (κ2) is 4.87. The smallest absolute Gasteiger partial charge is 0.160 e. The van der Waals surface area contributed by atoms with Crippen LogP contribution in [0.2, 0.25) is 10.0 Å². The summed E-state index contributed by atoms with van der Waals surface area (Å²) in [7, 11) is 0. The van der Waals surface area contributed by atoms with Crippen LogP contribution in [0, 0.1) is 5.82 Å². The van der Waals surface area contributed by atoms with Gasteiger partial charge in [0.15, 0.2) is 5.82 Å². The Morgan fingerprint density at radius 2 is 1.92 bits per heavy atom. The molecule has 1 rings (SSSR count). The lowest BCUT2D eigenvalue weighted by atomic mass is 10.2. The third-order valence-corrected chi connectivity index (χ3v) is 2.04. The molecule has 0 saturated heterocycles. The van der Waals surface area contributed by atoms with Crippen molar-refractivity contribution in [2.45, 2.75) is 6.54 Å². The molecule has 0 aliphatic rings. The van der Waals surface area contributed by atoms with Crippen molar-refractivity contribution in [3.05, 3.63) is 33.6 Å². The van der Waals surface area contributed by atoms with Crippen LogP contribution in [0.3, 0.4) is 0 Å². The highest BCUT2D eigenvalue weighted by Gasteiger charge is 2.07. The first-order valence-electron chi connectivity index (χ1n) is 2.99. The van der Waals surface area contributed by atoms with Gasteiger partial charge in [0.2, 0.25) is 0 Å². The highest BCUT2D eigenvalue weighted by molar-refractivity contribution is 6.35. The average molecular weight is 230 g/mol. The highest BCUT2D eigenvalue weighted by atomic mass is 35.5. The van der Waals surface area contributed by atoms with Crippen LogP contribution in [-0.2, 0) is 6.54 Å². The standard InChI is InChI=1S/C7H6Cl2FN.ClH/c8-5-2-1-4(3-11)6(9)7(5)10;/h1-2H,3,11H2;1H. The molecule has 0 bridgehead atoms. The number of halogens is 4. The SMILES string of the molecule is Cl.NCc1ccc(Cl)c(F)c1Cl. The summed E-state index contributed by atoms with van der Waals surface area (Å²) in [6, 6.07) is 3.04. The van der Waals surface area contributed by atoms with Crippen LogP contribution in [0.1, 0.15) is 5.56 Å². The fourth-order valence-electron chi connectivity index (χ4n) is 0.724. The molecule has 0 aliphatic heterocycles. The molecule has 0 saturated carbocycles. The Labute approximate surface area is 86.1 Å². The summed E-state index contributed by atoms with van der Waals surface area (Å²) in [5.74, 6) is -0.601. The maximum Gasteiger partial charge on any atom is 0.160 e. The zero-order chi connectivity index (χ0) is 8.43. The van der Waals surface area contributed by atoms with Crippen molar-refractivity contribution in [1.82, 2.24) is 0 Å². The molecule has 68 valence electrons. The third-order valence-electron chi connectivity index (χ3n) is 1.34. The molecular formula is C7H7Cl3FN. The van der Waals surface area contributed by atoms with E-state index in [1.165, 1.54) is 6.07 Å². The molecule has 1 nitrogen and oxygen atoms in total. The predicted octanol–water partition coefficient (Wildman–Crippen LogP) is 3.01. The van der Waals surface area contributed by atoms with Gasteiger partial charge in [-0.15, -0.1) is 12.4 Å². The first-order chi connectivity index (χ1) is 5.16. The number of benzene rings is 1. The molecule has 1 aromatic carbocycles. The molecule has 0 radical (unpaired) electrons. The Hall–Kier alpha value is -0.0200. The minimum Gasteiger partial charge on any atom is -0.326 e. The topological polar surface area (TPSA) is 26.0 Å². The van der Waals surface area contributed by atoms with E-state index in [9.17, 15) is 4.39 Å². The summed E-state index contributed by atoms with van der Waals surface area (Å²) in [5.41, 5.74) is 5.84. The maximum atomic E-state index is 12.9. The van der Waals surface area contributed by atoms with Gasteiger partial charge in [-0.2, -0.15) is 0 Å². The van der Waals surface area contributed by atoms with E-state index in [0.29, 0.717) is 5.56 Å². The number of nitrogens with two attached hydrogens (primary N) is 1. The zero-order valence-corrected chi connectivity index (χ0v) is 8.31. The molecule has 0 spiro atoms. The first-order valence-corrected chi connectivity index (χ1v) is 3.75. The largest absolute Gasteiger partial charge is 0.326 e. The molecular weight excluding hydrogens is 223 g/mol. The van der Waals surface area contributed by atoms with E-state index in [1.807, 2.05) is 0 Å². The van der Waals surface area contributed by atoms with Crippen LogP contribution in [0.5, 0.6) is 0 Å². The Morgan fingerprint density at radius 3 is 2.42 bits per heavy atom. The number of rotatable bonds is 1. The van der Waals surface area contributed by atoms with Gasteiger partial charge in [0, 0.05) is 6.54 Å². The lowest BCUT2D eigenvalue weighted by Gasteiger charge is -2.02. The van der Waals surface area contributed by atoms with Crippen molar-refractivity contribution in [3.8, 4) is 0 Å². The summed E-state index contributed by atoms with van der Waals surface area (Å²) in [6.07, 6.45) is 0. The molecule has 0 amide bonds. The van der Waals surface area contributed by atoms with E-state index in [4.69, 9.17) is 28.9 Å². The summed E-state index contributed by atoms with van der Waals surface area (Å²) in [5, 5.41) is 0.0344. The predicted molar refractivity (Wildman–Crippen MR) is 51.6 cm³/mol. The maximum absolute atomic E-state index is 12.9. The van der Waals surface area contributed by atoms with E-state index < -0.39 is 5.82 Å². The molecule has 0 atom stereocenters. The van der Waals surface area contributed by atoms with E-state index in [0.717, 1.165) is 0 Å². The lowest BCUT2D eigenvalue weighted by Crippen LogP contribution is -1.98. The minimum absolute atomic E-state index is 0. The Bertz CT molecular complexity index is 278.